The highest BCUT2D eigenvalue weighted by atomic mass is 32.2. The molecule has 4 aliphatic carbocycles. The molecular formula is C28H37N5O5S2. The van der Waals surface area contributed by atoms with Crippen molar-refractivity contribution < 1.29 is 24.5 Å². The molecule has 2 saturated heterocycles. The van der Waals surface area contributed by atoms with E-state index >= 15 is 0 Å². The summed E-state index contributed by atoms with van der Waals surface area (Å²) in [6.45, 7) is 9.79. The first-order chi connectivity index (χ1) is 19.2. The molecule has 0 amide bonds. The molecule has 6 aliphatic rings. The van der Waals surface area contributed by atoms with E-state index in [-0.39, 0.29) is 17.1 Å². The number of fused-ring (bicyclic) bond motifs is 2. The number of ketones is 1. The average Bonchev–Trinajstić information content (AvgIpc) is 3.64. The second-order valence-corrected chi connectivity index (χ2v) is 15.1. The van der Waals surface area contributed by atoms with E-state index in [0.717, 1.165) is 35.7 Å². The molecule has 2 aromatic heterocycles. The van der Waals surface area contributed by atoms with Gasteiger partial charge in [0.25, 0.3) is 0 Å². The van der Waals surface area contributed by atoms with Crippen LogP contribution in [0.5, 0.6) is 0 Å². The van der Waals surface area contributed by atoms with Crippen LogP contribution in [0.4, 0.5) is 0 Å². The van der Waals surface area contributed by atoms with Crippen molar-refractivity contribution in [1.82, 2.24) is 25.2 Å². The second-order valence-electron chi connectivity index (χ2n) is 13.0. The van der Waals surface area contributed by atoms with Crippen molar-refractivity contribution in [3.05, 3.63) is 29.6 Å². The van der Waals surface area contributed by atoms with Crippen LogP contribution in [0.3, 0.4) is 0 Å². The van der Waals surface area contributed by atoms with E-state index in [0.29, 0.717) is 37.3 Å². The normalized spacial score (nSPS) is 41.2. The summed E-state index contributed by atoms with van der Waals surface area (Å²) >= 11 is 3.10. The summed E-state index contributed by atoms with van der Waals surface area (Å²) in [6.07, 6.45) is 4.05. The van der Waals surface area contributed by atoms with Crippen LogP contribution in [0.2, 0.25) is 0 Å². The van der Waals surface area contributed by atoms with Gasteiger partial charge in [0.1, 0.15) is 5.51 Å². The van der Waals surface area contributed by atoms with Crippen LogP contribution in [0.25, 0.3) is 0 Å². The Hall–Kier alpha value is -1.70. The number of nitrogens with zero attached hydrogens (tertiary/aromatic N) is 5. The number of ether oxygens (including phenoxy) is 2. The number of aromatic nitrogens is 5. The second kappa shape index (κ2) is 9.67. The highest BCUT2D eigenvalue weighted by Crippen LogP contribution is 2.75. The number of aliphatic hydroxyl groups is 2. The lowest BCUT2D eigenvalue weighted by molar-refractivity contribution is -0.402. The van der Waals surface area contributed by atoms with Crippen molar-refractivity contribution >= 4 is 28.9 Å². The third kappa shape index (κ3) is 3.72. The van der Waals surface area contributed by atoms with Crippen molar-refractivity contribution in [1.29, 1.82) is 0 Å². The molecule has 2 aliphatic heterocycles. The molecule has 10 nitrogen and oxygen atoms in total. The Kier molecular flexibility index (Phi) is 6.56. The zero-order valence-corrected chi connectivity index (χ0v) is 24.6. The Morgan fingerprint density at radius 3 is 2.92 bits per heavy atom. The van der Waals surface area contributed by atoms with Gasteiger partial charge in [-0.1, -0.05) is 55.2 Å². The average molecular weight is 588 g/mol. The minimum atomic E-state index is -1.12. The minimum absolute atomic E-state index is 0.0213. The zero-order valence-electron chi connectivity index (χ0n) is 22.9. The highest BCUT2D eigenvalue weighted by molar-refractivity contribution is 8.00. The number of hydrogen-bond donors (Lipinski definition) is 2. The molecule has 6 fully saturated rings. The summed E-state index contributed by atoms with van der Waals surface area (Å²) in [4.78, 5) is 13.8. The van der Waals surface area contributed by atoms with Gasteiger partial charge >= 0.3 is 0 Å². The number of aryl methyl sites for hydroxylation is 1. The van der Waals surface area contributed by atoms with E-state index in [9.17, 15) is 15.0 Å². The summed E-state index contributed by atoms with van der Waals surface area (Å²) in [5.41, 5.74) is 1.43. The van der Waals surface area contributed by atoms with Gasteiger partial charge < -0.3 is 19.7 Å². The molecule has 216 valence electrons. The van der Waals surface area contributed by atoms with Gasteiger partial charge in [-0.25, -0.2) is 0 Å². The lowest BCUT2D eigenvalue weighted by atomic mass is 9.37. The van der Waals surface area contributed by atoms with Crippen LogP contribution in [-0.4, -0.2) is 72.4 Å². The van der Waals surface area contributed by atoms with Crippen molar-refractivity contribution in [2.45, 2.75) is 93.6 Å². The molecule has 2 aromatic rings. The number of Topliss-reactive ketones (excluding diaryl/α,β-unsaturated/α-hetero) is 1. The fourth-order valence-electron chi connectivity index (χ4n) is 9.36. The van der Waals surface area contributed by atoms with Gasteiger partial charge in [0.15, 0.2) is 16.4 Å². The lowest BCUT2D eigenvalue weighted by Crippen LogP contribution is -2.78. The topological polar surface area (TPSA) is 132 Å². The van der Waals surface area contributed by atoms with E-state index in [1.54, 1.807) is 17.3 Å². The van der Waals surface area contributed by atoms with E-state index in [4.69, 9.17) is 9.47 Å². The molecular weight excluding hydrogens is 550 g/mol. The van der Waals surface area contributed by atoms with E-state index in [2.05, 4.69) is 40.9 Å². The molecule has 40 heavy (non-hydrogen) atoms. The number of hydrogen-bond acceptors (Lipinski definition) is 11. The van der Waals surface area contributed by atoms with Gasteiger partial charge in [0.2, 0.25) is 0 Å². The summed E-state index contributed by atoms with van der Waals surface area (Å²) in [7, 11) is 0. The Labute approximate surface area is 241 Å². The number of aliphatic hydroxyl groups excluding tert-OH is 2. The fourth-order valence-corrected chi connectivity index (χ4v) is 10.7. The third-order valence-corrected chi connectivity index (χ3v) is 12.7. The van der Waals surface area contributed by atoms with Crippen molar-refractivity contribution in [2.24, 2.45) is 34.0 Å². The predicted molar refractivity (Wildman–Crippen MR) is 147 cm³/mol. The van der Waals surface area contributed by atoms with Crippen molar-refractivity contribution in [3.63, 3.8) is 0 Å². The number of rotatable bonds is 8. The molecule has 9 atom stereocenters. The maximum Gasteiger partial charge on any atom is 0.174 e. The minimum Gasteiger partial charge on any atom is -0.393 e. The smallest absolute Gasteiger partial charge is 0.174 e. The molecule has 8 rings (SSSR count). The van der Waals surface area contributed by atoms with Crippen LogP contribution in [-0.2, 0) is 26.6 Å². The van der Waals surface area contributed by atoms with Gasteiger partial charge in [-0.15, -0.1) is 15.3 Å². The van der Waals surface area contributed by atoms with E-state index in [1.807, 2.05) is 10.9 Å². The van der Waals surface area contributed by atoms with Crippen LogP contribution >= 0.6 is 23.1 Å². The van der Waals surface area contributed by atoms with E-state index < -0.39 is 47.3 Å². The first kappa shape index (κ1) is 27.2. The standard InChI is InChI=1S/C28H37N5O5S2/c1-15-17-10-18(34)21-27-7-4-6-26(2,3)19(27)11-20(28(21,22(15)35)23(17)36)38-24(27)37-9-5-8-33-12-16(30-32-33)13-39-25-31-29-14-40-25/h12,14,17-21,23-24,34,36H,1,4-11,13H2,2-3H3/t17-,18-,19+,20+,21-,23+,24-,27-,28+/m0/s1. The Morgan fingerprint density at radius 2 is 2.12 bits per heavy atom. The van der Waals surface area contributed by atoms with E-state index in [1.165, 1.54) is 11.3 Å². The molecule has 0 aromatic carbocycles. The van der Waals surface area contributed by atoms with Gasteiger partial charge in [-0.3, -0.25) is 9.48 Å². The number of carbonyl (C=O) groups is 1. The van der Waals surface area contributed by atoms with Crippen molar-refractivity contribution in [2.75, 3.05) is 6.61 Å². The van der Waals surface area contributed by atoms with Gasteiger partial charge in [0, 0.05) is 35.7 Å². The third-order valence-electron chi connectivity index (χ3n) is 10.8. The summed E-state index contributed by atoms with van der Waals surface area (Å²) in [5.74, 6) is 0.0331. The molecule has 4 heterocycles. The van der Waals surface area contributed by atoms with Gasteiger partial charge in [0.05, 0.1) is 36.0 Å². The lowest BCUT2D eigenvalue weighted by Gasteiger charge is -2.72. The summed E-state index contributed by atoms with van der Waals surface area (Å²) in [6, 6.07) is 0. The van der Waals surface area contributed by atoms with Crippen LogP contribution in [0.1, 0.15) is 58.1 Å². The molecule has 4 saturated carbocycles. The van der Waals surface area contributed by atoms with Gasteiger partial charge in [-0.2, -0.15) is 0 Å². The summed E-state index contributed by atoms with van der Waals surface area (Å²) < 4.78 is 16.0. The Bertz CT molecular complexity index is 1300. The fraction of sp³-hybridized carbons (Fsp3) is 0.750. The maximum atomic E-state index is 13.8. The van der Waals surface area contributed by atoms with Crippen LogP contribution < -0.4 is 0 Å². The quantitative estimate of drug-likeness (QED) is 0.269. The largest absolute Gasteiger partial charge is 0.393 e. The molecule has 0 radical (unpaired) electrons. The first-order valence-corrected chi connectivity index (χ1v) is 16.2. The number of thioether (sulfide) groups is 1. The monoisotopic (exact) mass is 587 g/mol. The molecule has 0 unspecified atom stereocenters. The van der Waals surface area contributed by atoms with Gasteiger partial charge in [-0.05, 0) is 49.0 Å². The zero-order chi connectivity index (χ0) is 27.9. The summed E-state index contributed by atoms with van der Waals surface area (Å²) in [5, 5.41) is 39.7. The maximum absolute atomic E-state index is 13.8. The molecule has 2 N–H and O–H groups in total. The van der Waals surface area contributed by atoms with Crippen LogP contribution in [0, 0.1) is 34.0 Å². The Morgan fingerprint density at radius 1 is 1.27 bits per heavy atom. The highest BCUT2D eigenvalue weighted by Gasteiger charge is 2.81. The van der Waals surface area contributed by atoms with Crippen LogP contribution in [0.15, 0.2) is 28.2 Å². The molecule has 2 spiro atoms. The molecule has 4 bridgehead atoms. The van der Waals surface area contributed by atoms with Crippen molar-refractivity contribution in [3.8, 4) is 0 Å². The number of carbonyl (C=O) groups excluding carboxylic acids is 1. The predicted octanol–water partition coefficient (Wildman–Crippen LogP) is 3.25. The molecule has 12 heteroatoms. The first-order valence-electron chi connectivity index (χ1n) is 14.3. The SMILES string of the molecule is C=C1C(=O)[C@]23[C@H](O)[C@H]1C[C@H](O)[C@H]2[C@]12CCCC(C)(C)[C@H]1C[C@H]3O[C@@H]2OCCCn1cc(CSc2nncs2)nn1. The Balaban J connectivity index is 1.09.